The number of hydroxylamine groups is 1. The SMILES string of the molecule is C[C@H](CN(C)Cc1ccccc1)Nc1cnc(/C=C/C(=O)NO)cn1.Cl.Cl. The van der Waals surface area contributed by atoms with E-state index in [0.29, 0.717) is 11.5 Å². The summed E-state index contributed by atoms with van der Waals surface area (Å²) < 4.78 is 0. The number of likely N-dealkylation sites (N-methyl/N-ethyl adjacent to an activating group) is 1. The van der Waals surface area contributed by atoms with Gasteiger partial charge in [-0.1, -0.05) is 30.3 Å². The van der Waals surface area contributed by atoms with Crippen molar-refractivity contribution in [3.8, 4) is 0 Å². The molecular formula is C18H25Cl2N5O2. The van der Waals surface area contributed by atoms with Crippen molar-refractivity contribution in [2.45, 2.75) is 19.5 Å². The first kappa shape index (κ1) is 24.8. The minimum Gasteiger partial charge on any atom is -0.365 e. The van der Waals surface area contributed by atoms with Crippen LogP contribution in [0.25, 0.3) is 6.08 Å². The van der Waals surface area contributed by atoms with Gasteiger partial charge in [0.2, 0.25) is 0 Å². The summed E-state index contributed by atoms with van der Waals surface area (Å²) in [5.74, 6) is 0.0587. The Balaban J connectivity index is 0.00000338. The third-order valence-electron chi connectivity index (χ3n) is 3.46. The number of aromatic nitrogens is 2. The molecule has 0 saturated heterocycles. The number of halogens is 2. The molecule has 0 unspecified atom stereocenters. The molecule has 1 atom stereocenters. The number of amides is 1. The normalized spacial score (nSPS) is 11.4. The van der Waals surface area contributed by atoms with E-state index in [9.17, 15) is 4.79 Å². The second-order valence-corrected chi connectivity index (χ2v) is 5.86. The third kappa shape index (κ3) is 9.35. The van der Waals surface area contributed by atoms with Crippen LogP contribution in [0.15, 0.2) is 48.8 Å². The Morgan fingerprint density at radius 3 is 2.52 bits per heavy atom. The average Bonchev–Trinajstić information content (AvgIpc) is 2.61. The quantitative estimate of drug-likeness (QED) is 0.350. The second-order valence-electron chi connectivity index (χ2n) is 5.86. The highest BCUT2D eigenvalue weighted by Crippen LogP contribution is 2.07. The lowest BCUT2D eigenvalue weighted by molar-refractivity contribution is -0.124. The molecule has 0 spiro atoms. The van der Waals surface area contributed by atoms with Crippen molar-refractivity contribution in [1.82, 2.24) is 20.3 Å². The Labute approximate surface area is 171 Å². The minimum atomic E-state index is -0.612. The van der Waals surface area contributed by atoms with Gasteiger partial charge in [0.15, 0.2) is 0 Å². The Kier molecular flexibility index (Phi) is 12.0. The number of rotatable bonds is 8. The fraction of sp³-hybridized carbons (Fsp3) is 0.278. The van der Waals surface area contributed by atoms with Crippen LogP contribution in [-0.4, -0.2) is 45.6 Å². The molecule has 1 amide bonds. The standard InChI is InChI=1S/C18H23N5O2.2ClH/c1-14(12-23(2)13-15-6-4-3-5-7-15)21-17-11-19-16(10-20-17)8-9-18(24)22-25;;/h3-11,14,25H,12-13H2,1-2H3,(H,20,21)(H,22,24);2*1H/b9-8+;;/t14-;;/m1../s1. The summed E-state index contributed by atoms with van der Waals surface area (Å²) in [5.41, 5.74) is 3.33. The van der Waals surface area contributed by atoms with E-state index in [2.05, 4.69) is 46.3 Å². The first-order chi connectivity index (χ1) is 12.1. The molecule has 1 aromatic heterocycles. The van der Waals surface area contributed by atoms with E-state index in [1.807, 2.05) is 18.2 Å². The summed E-state index contributed by atoms with van der Waals surface area (Å²) in [6.07, 6.45) is 5.83. The number of hydrogen-bond acceptors (Lipinski definition) is 6. The molecule has 1 heterocycles. The highest BCUT2D eigenvalue weighted by Gasteiger charge is 2.08. The van der Waals surface area contributed by atoms with Crippen molar-refractivity contribution in [3.05, 3.63) is 60.1 Å². The Bertz CT molecular complexity index is 699. The molecule has 0 aliphatic rings. The lowest BCUT2D eigenvalue weighted by atomic mass is 10.2. The predicted octanol–water partition coefficient (Wildman–Crippen LogP) is 2.77. The molecule has 2 rings (SSSR count). The molecule has 0 bridgehead atoms. The maximum absolute atomic E-state index is 10.9. The zero-order valence-electron chi connectivity index (χ0n) is 15.2. The van der Waals surface area contributed by atoms with E-state index >= 15 is 0 Å². The first-order valence-electron chi connectivity index (χ1n) is 8.00. The van der Waals surface area contributed by atoms with Gasteiger partial charge >= 0.3 is 0 Å². The lowest BCUT2D eigenvalue weighted by Gasteiger charge is -2.22. The van der Waals surface area contributed by atoms with E-state index in [4.69, 9.17) is 5.21 Å². The second kappa shape index (κ2) is 13.1. The number of benzene rings is 1. The molecule has 148 valence electrons. The fourth-order valence-electron chi connectivity index (χ4n) is 2.42. The van der Waals surface area contributed by atoms with Crippen molar-refractivity contribution in [2.75, 3.05) is 18.9 Å². The van der Waals surface area contributed by atoms with Crippen molar-refractivity contribution < 1.29 is 10.0 Å². The number of carbonyl (C=O) groups is 1. The summed E-state index contributed by atoms with van der Waals surface area (Å²) in [6.45, 7) is 3.83. The molecule has 0 fully saturated rings. The molecule has 27 heavy (non-hydrogen) atoms. The highest BCUT2D eigenvalue weighted by molar-refractivity contribution is 5.90. The largest absolute Gasteiger partial charge is 0.365 e. The van der Waals surface area contributed by atoms with Gasteiger partial charge in [-0.3, -0.25) is 15.0 Å². The Morgan fingerprint density at radius 1 is 1.22 bits per heavy atom. The van der Waals surface area contributed by atoms with E-state index in [-0.39, 0.29) is 30.9 Å². The van der Waals surface area contributed by atoms with Crippen LogP contribution in [0.1, 0.15) is 18.2 Å². The molecule has 0 saturated carbocycles. The molecule has 9 heteroatoms. The van der Waals surface area contributed by atoms with Gasteiger partial charge in [-0.25, -0.2) is 10.5 Å². The zero-order valence-corrected chi connectivity index (χ0v) is 16.8. The minimum absolute atomic E-state index is 0. The summed E-state index contributed by atoms with van der Waals surface area (Å²) in [7, 11) is 2.08. The van der Waals surface area contributed by atoms with Crippen LogP contribution < -0.4 is 10.8 Å². The number of hydrogen-bond donors (Lipinski definition) is 3. The molecule has 0 aliphatic heterocycles. The molecule has 7 nitrogen and oxygen atoms in total. The van der Waals surface area contributed by atoms with E-state index in [1.165, 1.54) is 23.2 Å². The summed E-state index contributed by atoms with van der Waals surface area (Å²) >= 11 is 0. The summed E-state index contributed by atoms with van der Waals surface area (Å²) in [5, 5.41) is 11.7. The Morgan fingerprint density at radius 2 is 1.93 bits per heavy atom. The zero-order chi connectivity index (χ0) is 18.1. The van der Waals surface area contributed by atoms with Gasteiger partial charge in [0.25, 0.3) is 5.91 Å². The molecule has 3 N–H and O–H groups in total. The van der Waals surface area contributed by atoms with Gasteiger partial charge in [0, 0.05) is 25.2 Å². The van der Waals surface area contributed by atoms with Gasteiger partial charge in [-0.2, -0.15) is 0 Å². The van der Waals surface area contributed by atoms with Crippen LogP contribution >= 0.6 is 24.8 Å². The van der Waals surface area contributed by atoms with Crippen LogP contribution in [0.4, 0.5) is 5.82 Å². The molecule has 1 aromatic carbocycles. The highest BCUT2D eigenvalue weighted by atomic mass is 35.5. The molecule has 0 radical (unpaired) electrons. The topological polar surface area (TPSA) is 90.4 Å². The number of nitrogens with zero attached hydrogens (tertiary/aromatic N) is 3. The third-order valence-corrected chi connectivity index (χ3v) is 3.46. The number of carbonyl (C=O) groups excluding carboxylic acids is 1. The maximum Gasteiger partial charge on any atom is 0.267 e. The van der Waals surface area contributed by atoms with Gasteiger partial charge in [-0.15, -0.1) is 24.8 Å². The van der Waals surface area contributed by atoms with E-state index < -0.39 is 5.91 Å². The van der Waals surface area contributed by atoms with Gasteiger partial charge in [0.05, 0.1) is 18.1 Å². The molecular weight excluding hydrogens is 389 g/mol. The van der Waals surface area contributed by atoms with Crippen molar-refractivity contribution in [1.29, 1.82) is 0 Å². The maximum atomic E-state index is 10.9. The predicted molar refractivity (Wildman–Crippen MR) is 111 cm³/mol. The van der Waals surface area contributed by atoms with E-state index in [0.717, 1.165) is 13.1 Å². The monoisotopic (exact) mass is 413 g/mol. The van der Waals surface area contributed by atoms with Crippen molar-refractivity contribution in [3.63, 3.8) is 0 Å². The van der Waals surface area contributed by atoms with E-state index in [1.54, 1.807) is 12.4 Å². The van der Waals surface area contributed by atoms with Crippen LogP contribution in [0.3, 0.4) is 0 Å². The smallest absolute Gasteiger partial charge is 0.267 e. The van der Waals surface area contributed by atoms with Crippen molar-refractivity contribution in [2.24, 2.45) is 0 Å². The van der Waals surface area contributed by atoms with Crippen LogP contribution in [-0.2, 0) is 11.3 Å². The van der Waals surface area contributed by atoms with Crippen LogP contribution in [0, 0.1) is 0 Å². The molecule has 2 aromatic rings. The van der Waals surface area contributed by atoms with Gasteiger partial charge < -0.3 is 10.2 Å². The van der Waals surface area contributed by atoms with Gasteiger partial charge in [0.1, 0.15) is 5.82 Å². The Hall–Kier alpha value is -2.19. The summed E-state index contributed by atoms with van der Waals surface area (Å²) in [4.78, 5) is 21.6. The van der Waals surface area contributed by atoms with Crippen LogP contribution in [0.5, 0.6) is 0 Å². The van der Waals surface area contributed by atoms with Crippen LogP contribution in [0.2, 0.25) is 0 Å². The van der Waals surface area contributed by atoms with Crippen molar-refractivity contribution >= 4 is 42.6 Å². The fourth-order valence-corrected chi connectivity index (χ4v) is 2.42. The van der Waals surface area contributed by atoms with Gasteiger partial charge in [-0.05, 0) is 25.6 Å². The summed E-state index contributed by atoms with van der Waals surface area (Å²) in [6, 6.07) is 10.5. The number of nitrogens with one attached hydrogen (secondary N) is 2. The lowest BCUT2D eigenvalue weighted by Crippen LogP contribution is -2.32. The first-order valence-corrected chi connectivity index (χ1v) is 8.00. The number of anilines is 1. The average molecular weight is 414 g/mol. The molecule has 0 aliphatic carbocycles.